The molecule has 0 fully saturated rings. The zero-order chi connectivity index (χ0) is 13.6. The zero-order valence-electron chi connectivity index (χ0n) is 10.5. The Hall–Kier alpha value is -1.72. The van der Waals surface area contributed by atoms with Crippen LogP contribution in [0.4, 0.5) is 5.69 Å². The summed E-state index contributed by atoms with van der Waals surface area (Å²) in [4.78, 5) is 20.2. The molecule has 1 heterocycles. The molecule has 1 aromatic heterocycles. The van der Waals surface area contributed by atoms with E-state index in [-0.39, 0.29) is 17.8 Å². The first-order chi connectivity index (χ1) is 7.90. The molecule has 2 radical (unpaired) electrons. The minimum Gasteiger partial charge on any atom is -0.483 e. The van der Waals surface area contributed by atoms with Crippen LogP contribution in [0.15, 0.2) is 11.0 Å². The molecule has 17 heavy (non-hydrogen) atoms. The summed E-state index contributed by atoms with van der Waals surface area (Å²) in [7, 11) is 7.18. The number of hydrogen-bond acceptors (Lipinski definition) is 3. The third-order valence-electron chi connectivity index (χ3n) is 2.46. The van der Waals surface area contributed by atoms with Crippen LogP contribution in [-0.4, -0.2) is 24.1 Å². The van der Waals surface area contributed by atoms with Gasteiger partial charge in [0.15, 0.2) is 0 Å². The van der Waals surface area contributed by atoms with Gasteiger partial charge in [0.1, 0.15) is 0 Å². The van der Waals surface area contributed by atoms with Gasteiger partial charge in [-0.2, -0.15) is 0 Å². The Labute approximate surface area is 102 Å². The number of nitrogens with zero attached hydrogens (tertiary/aromatic N) is 1. The first kappa shape index (κ1) is 15.3. The van der Waals surface area contributed by atoms with Gasteiger partial charge < -0.3 is 14.9 Å². The highest BCUT2D eigenvalue weighted by molar-refractivity contribution is 6.15. The second kappa shape index (κ2) is 6.78. The van der Waals surface area contributed by atoms with Crippen LogP contribution in [0.25, 0.3) is 0 Å². The van der Waals surface area contributed by atoms with Gasteiger partial charge in [0.2, 0.25) is 13.4 Å². The lowest BCUT2D eigenvalue weighted by molar-refractivity contribution is -0.122. The highest BCUT2D eigenvalue weighted by Gasteiger charge is 2.12. The molecule has 0 bridgehead atoms. The summed E-state index contributed by atoms with van der Waals surface area (Å²) < 4.78 is 1.91. The van der Waals surface area contributed by atoms with Crippen molar-refractivity contribution in [3.05, 3.63) is 27.7 Å². The smallest absolute Gasteiger partial charge is 0.290 e. The Morgan fingerprint density at radius 3 is 2.35 bits per heavy atom. The van der Waals surface area contributed by atoms with Crippen molar-refractivity contribution in [3.63, 3.8) is 0 Å². The molecule has 0 aliphatic carbocycles. The van der Waals surface area contributed by atoms with Gasteiger partial charge in [0, 0.05) is 24.5 Å². The lowest BCUT2D eigenvalue weighted by atomic mass is 10.0. The highest BCUT2D eigenvalue weighted by atomic mass is 16.3. The van der Waals surface area contributed by atoms with Crippen molar-refractivity contribution in [1.29, 1.82) is 0 Å². The average Bonchev–Trinajstić information content (AvgIpc) is 2.24. The largest absolute Gasteiger partial charge is 0.483 e. The second-order valence-electron chi connectivity index (χ2n) is 3.89. The molecule has 0 unspecified atom stereocenters. The predicted octanol–water partition coefficient (Wildman–Crippen LogP) is 1.01. The third-order valence-corrected chi connectivity index (χ3v) is 2.46. The van der Waals surface area contributed by atoms with Crippen LogP contribution in [0.2, 0.25) is 0 Å². The minimum atomic E-state index is -0.250. The summed E-state index contributed by atoms with van der Waals surface area (Å²) in [5, 5.41) is 9.31. The van der Waals surface area contributed by atoms with Crippen LogP contribution in [0.5, 0.6) is 0 Å². The van der Waals surface area contributed by atoms with E-state index in [0.717, 1.165) is 11.3 Å². The number of rotatable bonds is 2. The molecule has 0 amide bonds. The van der Waals surface area contributed by atoms with Crippen molar-refractivity contribution >= 4 is 20.1 Å². The van der Waals surface area contributed by atoms with Crippen LogP contribution < -0.4 is 10.7 Å². The Morgan fingerprint density at radius 2 is 2.00 bits per heavy atom. The normalized spacial score (nSPS) is 9.47. The van der Waals surface area contributed by atoms with E-state index in [1.807, 2.05) is 32.4 Å². The Balaban J connectivity index is 0.000000770. The predicted molar refractivity (Wildman–Crippen MR) is 68.6 cm³/mol. The molecule has 92 valence electrons. The third kappa shape index (κ3) is 3.66. The van der Waals surface area contributed by atoms with Crippen LogP contribution in [-0.2, 0) is 11.8 Å². The van der Waals surface area contributed by atoms with E-state index >= 15 is 0 Å². The topological polar surface area (TPSA) is 71.3 Å². The van der Waals surface area contributed by atoms with E-state index < -0.39 is 0 Å². The van der Waals surface area contributed by atoms with Gasteiger partial charge in [-0.05, 0) is 12.8 Å². The van der Waals surface area contributed by atoms with Crippen molar-refractivity contribution in [3.8, 4) is 0 Å². The molecular weight excluding hydrogens is 219 g/mol. The number of nitrogens with one attached hydrogen (secondary N) is 1. The SMILES string of the molecule is O=CO.[B]Nc1cn(C)c(C)c(C(C)C)c1=O. The van der Waals surface area contributed by atoms with E-state index in [1.54, 1.807) is 6.20 Å². The van der Waals surface area contributed by atoms with Crippen molar-refractivity contribution in [1.82, 2.24) is 4.57 Å². The molecule has 1 rings (SSSR count). The lowest BCUT2D eigenvalue weighted by Crippen LogP contribution is -2.20. The number of aromatic nitrogens is 1. The number of aryl methyl sites for hydroxylation is 1. The number of carboxylic acid groups (broad SMARTS) is 1. The van der Waals surface area contributed by atoms with Crippen molar-refractivity contribution in [2.45, 2.75) is 26.7 Å². The summed E-state index contributed by atoms with van der Waals surface area (Å²) >= 11 is 0. The molecule has 1 aromatic rings. The molecule has 0 atom stereocenters. The van der Waals surface area contributed by atoms with Crippen molar-refractivity contribution < 1.29 is 9.90 Å². The maximum atomic E-state index is 11.9. The molecule has 0 aromatic carbocycles. The summed E-state index contributed by atoms with van der Waals surface area (Å²) in [5.74, 6) is 0.210. The van der Waals surface area contributed by atoms with Crippen LogP contribution >= 0.6 is 0 Å². The van der Waals surface area contributed by atoms with E-state index in [4.69, 9.17) is 17.9 Å². The average molecular weight is 236 g/mol. The minimum absolute atomic E-state index is 0.00176. The summed E-state index contributed by atoms with van der Waals surface area (Å²) in [6.45, 7) is 5.70. The zero-order valence-corrected chi connectivity index (χ0v) is 10.5. The standard InChI is InChI=1S/C10H15BN2O.CH2O2/c1-6(2)9-7(3)13(4)5-8(12-11)10(9)14;2-1-3/h5-6,12H,1-4H3;1H,(H,2,3). The number of anilines is 1. The van der Waals surface area contributed by atoms with Gasteiger partial charge in [0.25, 0.3) is 6.47 Å². The molecule has 0 aliphatic rings. The highest BCUT2D eigenvalue weighted by Crippen LogP contribution is 2.16. The number of pyridine rings is 1. The number of carbonyl (C=O) groups is 1. The lowest BCUT2D eigenvalue weighted by Gasteiger charge is -2.15. The van der Waals surface area contributed by atoms with Gasteiger partial charge in [-0.25, -0.2) is 0 Å². The molecule has 0 spiro atoms. The first-order valence-corrected chi connectivity index (χ1v) is 5.15. The first-order valence-electron chi connectivity index (χ1n) is 5.15. The molecule has 2 N–H and O–H groups in total. The second-order valence-corrected chi connectivity index (χ2v) is 3.89. The van der Waals surface area contributed by atoms with Gasteiger partial charge in [-0.15, -0.1) is 0 Å². The van der Waals surface area contributed by atoms with Crippen LogP contribution in [0.1, 0.15) is 31.0 Å². The molecule has 5 nitrogen and oxygen atoms in total. The fraction of sp³-hybridized carbons (Fsp3) is 0.455. The summed E-state index contributed by atoms with van der Waals surface area (Å²) in [6.07, 6.45) is 1.71. The van der Waals surface area contributed by atoms with Gasteiger partial charge >= 0.3 is 0 Å². The molecule has 0 saturated carbocycles. The maximum absolute atomic E-state index is 11.9. The Bertz CT molecular complexity index is 441. The van der Waals surface area contributed by atoms with E-state index in [0.29, 0.717) is 5.69 Å². The molecule has 0 aliphatic heterocycles. The van der Waals surface area contributed by atoms with Gasteiger partial charge in [0.05, 0.1) is 5.69 Å². The maximum Gasteiger partial charge on any atom is 0.290 e. The fourth-order valence-corrected chi connectivity index (χ4v) is 1.63. The summed E-state index contributed by atoms with van der Waals surface area (Å²) in [5.41, 5.74) is 2.26. The van der Waals surface area contributed by atoms with Crippen molar-refractivity contribution in [2.75, 3.05) is 5.23 Å². The summed E-state index contributed by atoms with van der Waals surface area (Å²) in [6, 6.07) is 0. The van der Waals surface area contributed by atoms with E-state index in [1.165, 1.54) is 0 Å². The van der Waals surface area contributed by atoms with Gasteiger partial charge in [-0.3, -0.25) is 9.59 Å². The Kier molecular flexibility index (Phi) is 6.10. The number of hydrogen-bond donors (Lipinski definition) is 2. The van der Waals surface area contributed by atoms with Crippen molar-refractivity contribution in [2.24, 2.45) is 7.05 Å². The molecular formula is C11H17BN2O3. The molecule has 6 heteroatoms. The van der Waals surface area contributed by atoms with Crippen LogP contribution in [0.3, 0.4) is 0 Å². The van der Waals surface area contributed by atoms with Crippen LogP contribution in [0, 0.1) is 6.92 Å². The van der Waals surface area contributed by atoms with E-state index in [2.05, 4.69) is 5.23 Å². The van der Waals surface area contributed by atoms with Gasteiger partial charge in [-0.1, -0.05) is 13.8 Å². The fourth-order valence-electron chi connectivity index (χ4n) is 1.63. The molecule has 0 saturated heterocycles. The quantitative estimate of drug-likeness (QED) is 0.593. The monoisotopic (exact) mass is 236 g/mol. The van der Waals surface area contributed by atoms with E-state index in [9.17, 15) is 4.79 Å². The Morgan fingerprint density at radius 1 is 1.53 bits per heavy atom.